The summed E-state index contributed by atoms with van der Waals surface area (Å²) in [6.07, 6.45) is 6.83. The van der Waals surface area contributed by atoms with E-state index in [2.05, 4.69) is 16.3 Å². The molecule has 1 N–H and O–H groups in total. The van der Waals surface area contributed by atoms with Gasteiger partial charge in [-0.2, -0.15) is 0 Å². The number of piperidine rings is 1. The van der Waals surface area contributed by atoms with Crippen molar-refractivity contribution in [3.63, 3.8) is 0 Å². The van der Waals surface area contributed by atoms with Crippen LogP contribution in [0.5, 0.6) is 0 Å². The quantitative estimate of drug-likeness (QED) is 0.476. The van der Waals surface area contributed by atoms with Gasteiger partial charge in [0.2, 0.25) is 5.91 Å². The molecule has 2 aromatic carbocycles. The first-order valence-electron chi connectivity index (χ1n) is 10.3. The van der Waals surface area contributed by atoms with Gasteiger partial charge in [-0.3, -0.25) is 4.79 Å². The molecule has 0 radical (unpaired) electrons. The highest BCUT2D eigenvalue weighted by Crippen LogP contribution is 2.29. The molecule has 1 aliphatic rings. The third kappa shape index (κ3) is 4.77. The molecule has 0 saturated carbocycles. The summed E-state index contributed by atoms with van der Waals surface area (Å²) < 4.78 is 5.85. The van der Waals surface area contributed by atoms with Gasteiger partial charge < -0.3 is 14.6 Å². The first-order valence-corrected chi connectivity index (χ1v) is 10.7. The summed E-state index contributed by atoms with van der Waals surface area (Å²) >= 11 is 6.21. The van der Waals surface area contributed by atoms with Crippen LogP contribution < -0.4 is 10.2 Å². The highest BCUT2D eigenvalue weighted by Gasteiger charge is 2.15. The molecule has 0 unspecified atom stereocenters. The normalized spacial score (nSPS) is 14.3. The van der Waals surface area contributed by atoms with Gasteiger partial charge >= 0.3 is 0 Å². The third-order valence-electron chi connectivity index (χ3n) is 5.34. The number of para-hydroxylation sites is 2. The summed E-state index contributed by atoms with van der Waals surface area (Å²) in [5.41, 5.74) is 3.85. The average molecular weight is 421 g/mol. The second kappa shape index (κ2) is 9.23. The molecule has 1 saturated heterocycles. The second-order valence-corrected chi connectivity index (χ2v) is 7.96. The summed E-state index contributed by atoms with van der Waals surface area (Å²) in [5.74, 6) is 1.14. The van der Waals surface area contributed by atoms with E-state index in [-0.39, 0.29) is 5.91 Å². The Morgan fingerprint density at radius 1 is 1.07 bits per heavy atom. The smallest absolute Gasteiger partial charge is 0.248 e. The average Bonchev–Trinajstić information content (AvgIpc) is 3.24. The molecular weight excluding hydrogens is 396 g/mol. The Kier molecular flexibility index (Phi) is 6.24. The van der Waals surface area contributed by atoms with E-state index in [0.29, 0.717) is 16.5 Å². The maximum Gasteiger partial charge on any atom is 0.248 e. The van der Waals surface area contributed by atoms with Crippen molar-refractivity contribution in [2.75, 3.05) is 23.3 Å². The molecule has 2 heterocycles. The number of benzene rings is 2. The summed E-state index contributed by atoms with van der Waals surface area (Å²) in [5, 5.41) is 3.71. The number of hydrogen-bond acceptors (Lipinski definition) is 3. The molecule has 4 nitrogen and oxygen atoms in total. The number of furan rings is 1. The van der Waals surface area contributed by atoms with Gasteiger partial charge in [-0.05, 0) is 68.2 Å². The van der Waals surface area contributed by atoms with Crippen molar-refractivity contribution >= 4 is 35.0 Å². The van der Waals surface area contributed by atoms with Gasteiger partial charge in [-0.25, -0.2) is 0 Å². The van der Waals surface area contributed by atoms with Crippen molar-refractivity contribution in [1.82, 2.24) is 0 Å². The lowest BCUT2D eigenvalue weighted by atomic mass is 10.1. The fourth-order valence-corrected chi connectivity index (χ4v) is 3.85. The van der Waals surface area contributed by atoms with Crippen LogP contribution in [-0.4, -0.2) is 19.0 Å². The van der Waals surface area contributed by atoms with Gasteiger partial charge in [0.1, 0.15) is 11.5 Å². The fourth-order valence-electron chi connectivity index (χ4n) is 3.67. The number of hydrogen-bond donors (Lipinski definition) is 1. The second-order valence-electron chi connectivity index (χ2n) is 7.55. The molecule has 3 aromatic rings. The molecule has 1 aliphatic heterocycles. The first-order chi connectivity index (χ1) is 14.6. The minimum absolute atomic E-state index is 0.184. The lowest BCUT2D eigenvalue weighted by Gasteiger charge is -2.30. The lowest BCUT2D eigenvalue weighted by Crippen LogP contribution is -2.30. The maximum absolute atomic E-state index is 12.5. The zero-order chi connectivity index (χ0) is 20.9. The molecule has 1 amide bonds. The minimum atomic E-state index is -0.184. The molecule has 154 valence electrons. The zero-order valence-corrected chi connectivity index (χ0v) is 17.8. The monoisotopic (exact) mass is 420 g/mol. The van der Waals surface area contributed by atoms with Crippen molar-refractivity contribution in [2.24, 2.45) is 0 Å². The molecular formula is C25H25ClN2O2. The summed E-state index contributed by atoms with van der Waals surface area (Å²) in [6.45, 7) is 4.02. The van der Waals surface area contributed by atoms with E-state index >= 15 is 0 Å². The number of anilines is 2. The topological polar surface area (TPSA) is 45.5 Å². The molecule has 0 aliphatic carbocycles. The Morgan fingerprint density at radius 3 is 2.67 bits per heavy atom. The Morgan fingerprint density at radius 2 is 1.87 bits per heavy atom. The molecule has 0 spiro atoms. The van der Waals surface area contributed by atoms with E-state index in [1.165, 1.54) is 25.3 Å². The number of nitrogens with zero attached hydrogens (tertiary/aromatic N) is 1. The van der Waals surface area contributed by atoms with Gasteiger partial charge in [0.15, 0.2) is 0 Å². The van der Waals surface area contributed by atoms with Gasteiger partial charge in [0, 0.05) is 29.8 Å². The Balaban J connectivity index is 1.44. The van der Waals surface area contributed by atoms with Crippen molar-refractivity contribution < 1.29 is 9.21 Å². The van der Waals surface area contributed by atoms with Gasteiger partial charge in [0.05, 0.1) is 11.4 Å². The van der Waals surface area contributed by atoms with Crippen molar-refractivity contribution in [3.8, 4) is 11.3 Å². The highest BCUT2D eigenvalue weighted by molar-refractivity contribution is 6.31. The largest absolute Gasteiger partial charge is 0.457 e. The Labute approximate surface area is 182 Å². The van der Waals surface area contributed by atoms with Gasteiger partial charge in [-0.15, -0.1) is 0 Å². The number of carbonyl (C=O) groups excluding carboxylic acids is 1. The number of aryl methyl sites for hydroxylation is 1. The number of rotatable bonds is 5. The van der Waals surface area contributed by atoms with Crippen LogP contribution in [0.15, 0.2) is 65.1 Å². The summed E-state index contributed by atoms with van der Waals surface area (Å²) in [4.78, 5) is 14.8. The van der Waals surface area contributed by atoms with Crippen LogP contribution in [0, 0.1) is 6.92 Å². The number of amides is 1. The van der Waals surface area contributed by atoms with E-state index in [1.807, 2.05) is 55.5 Å². The molecule has 1 aromatic heterocycles. The van der Waals surface area contributed by atoms with Gasteiger partial charge in [-0.1, -0.05) is 35.9 Å². The number of halogens is 1. The van der Waals surface area contributed by atoms with Crippen LogP contribution in [0.3, 0.4) is 0 Å². The van der Waals surface area contributed by atoms with Crippen molar-refractivity contribution in [2.45, 2.75) is 26.2 Å². The zero-order valence-electron chi connectivity index (χ0n) is 17.0. The molecule has 0 bridgehead atoms. The van der Waals surface area contributed by atoms with Crippen LogP contribution in [0.25, 0.3) is 17.4 Å². The van der Waals surface area contributed by atoms with Crippen LogP contribution in [0.1, 0.15) is 30.6 Å². The van der Waals surface area contributed by atoms with Crippen molar-refractivity contribution in [1.29, 1.82) is 0 Å². The SMILES string of the molecule is Cc1ccc(-c2ccc(C=CC(=O)Nc3ccccc3N3CCCCC3)o2)cc1Cl. The minimum Gasteiger partial charge on any atom is -0.457 e. The van der Waals surface area contributed by atoms with Crippen molar-refractivity contribution in [3.05, 3.63) is 77.0 Å². The number of nitrogens with one attached hydrogen (secondary N) is 1. The maximum atomic E-state index is 12.5. The molecule has 4 rings (SSSR count). The molecule has 30 heavy (non-hydrogen) atoms. The third-order valence-corrected chi connectivity index (χ3v) is 5.75. The Hall–Kier alpha value is -2.98. The first kappa shape index (κ1) is 20.3. The van der Waals surface area contributed by atoms with E-state index in [4.69, 9.17) is 16.0 Å². The predicted molar refractivity (Wildman–Crippen MR) is 124 cm³/mol. The predicted octanol–water partition coefficient (Wildman–Crippen LogP) is 6.55. The van der Waals surface area contributed by atoms with E-state index < -0.39 is 0 Å². The Bertz CT molecular complexity index is 1060. The molecule has 0 atom stereocenters. The fraction of sp³-hybridized carbons (Fsp3) is 0.240. The van der Waals surface area contributed by atoms with Gasteiger partial charge in [0.25, 0.3) is 0 Å². The summed E-state index contributed by atoms with van der Waals surface area (Å²) in [6, 6.07) is 17.5. The van der Waals surface area contributed by atoms with Crippen LogP contribution in [0.2, 0.25) is 5.02 Å². The highest BCUT2D eigenvalue weighted by atomic mass is 35.5. The van der Waals surface area contributed by atoms with Crippen LogP contribution >= 0.6 is 11.6 Å². The number of carbonyl (C=O) groups is 1. The van der Waals surface area contributed by atoms with E-state index in [1.54, 1.807) is 6.08 Å². The lowest BCUT2D eigenvalue weighted by molar-refractivity contribution is -0.111. The molecule has 5 heteroatoms. The molecule has 1 fully saturated rings. The van der Waals surface area contributed by atoms with Crippen LogP contribution in [-0.2, 0) is 4.79 Å². The standard InChI is InChI=1S/C25H25ClN2O2/c1-18-9-10-19(17-21(18)26)24-13-11-20(30-24)12-14-25(29)27-22-7-3-4-8-23(22)28-15-5-2-6-16-28/h3-4,7-14,17H,2,5-6,15-16H2,1H3,(H,27,29). The van der Waals surface area contributed by atoms with Crippen LogP contribution in [0.4, 0.5) is 11.4 Å². The summed E-state index contributed by atoms with van der Waals surface area (Å²) in [7, 11) is 0. The van der Waals surface area contributed by atoms with E-state index in [9.17, 15) is 4.79 Å². The van der Waals surface area contributed by atoms with E-state index in [0.717, 1.165) is 35.6 Å².